The maximum Gasteiger partial charge on any atom is 0.407 e. The first-order chi connectivity index (χ1) is 5.72. The van der Waals surface area contributed by atoms with Crippen molar-refractivity contribution in [3.63, 3.8) is 0 Å². The highest BCUT2D eigenvalue weighted by atomic mass is 16.5. The van der Waals surface area contributed by atoms with Crippen molar-refractivity contribution in [2.45, 2.75) is 31.2 Å². The third-order valence-electron chi connectivity index (χ3n) is 2.42. The van der Waals surface area contributed by atoms with Crippen LogP contribution in [0.4, 0.5) is 4.79 Å². The van der Waals surface area contributed by atoms with Crippen LogP contribution in [-0.4, -0.2) is 30.5 Å². The molecule has 1 saturated carbocycles. The van der Waals surface area contributed by atoms with E-state index in [9.17, 15) is 4.79 Å². The van der Waals surface area contributed by atoms with Crippen LogP contribution < -0.4 is 5.32 Å². The van der Waals surface area contributed by atoms with E-state index < -0.39 is 11.6 Å². The smallest absolute Gasteiger partial charge is 0.407 e. The largest absolute Gasteiger partial charge is 0.453 e. The van der Waals surface area contributed by atoms with Crippen molar-refractivity contribution < 1.29 is 14.6 Å². The lowest BCUT2D eigenvalue weighted by atomic mass is 9.99. The topological polar surface area (TPSA) is 58.6 Å². The number of hydrogen-bond acceptors (Lipinski definition) is 3. The van der Waals surface area contributed by atoms with Crippen LogP contribution >= 0.6 is 0 Å². The Morgan fingerprint density at radius 3 is 2.58 bits per heavy atom. The number of aliphatic hydroxyl groups excluding tert-OH is 1. The zero-order valence-corrected chi connectivity index (χ0v) is 7.30. The SMILES string of the molecule is COC(=O)NC1(CO)CCCC1. The second kappa shape index (κ2) is 3.76. The summed E-state index contributed by atoms with van der Waals surface area (Å²) in [6, 6.07) is 0. The van der Waals surface area contributed by atoms with Gasteiger partial charge in [-0.3, -0.25) is 0 Å². The molecule has 2 N–H and O–H groups in total. The van der Waals surface area contributed by atoms with E-state index in [1.54, 1.807) is 0 Å². The number of amides is 1. The van der Waals surface area contributed by atoms with Gasteiger partial charge in [-0.15, -0.1) is 0 Å². The summed E-state index contributed by atoms with van der Waals surface area (Å²) in [5, 5.41) is 11.8. The minimum Gasteiger partial charge on any atom is -0.453 e. The molecule has 1 rings (SSSR count). The maximum atomic E-state index is 10.9. The van der Waals surface area contributed by atoms with E-state index in [1.165, 1.54) is 7.11 Å². The lowest BCUT2D eigenvalue weighted by molar-refractivity contribution is 0.127. The average molecular weight is 173 g/mol. The van der Waals surface area contributed by atoms with Gasteiger partial charge in [0.2, 0.25) is 0 Å². The van der Waals surface area contributed by atoms with Crippen molar-refractivity contribution in [2.75, 3.05) is 13.7 Å². The molecule has 0 heterocycles. The highest BCUT2D eigenvalue weighted by molar-refractivity contribution is 5.68. The molecule has 0 saturated heterocycles. The predicted molar refractivity (Wildman–Crippen MR) is 43.8 cm³/mol. The molecule has 1 aliphatic carbocycles. The molecule has 1 aliphatic rings. The van der Waals surface area contributed by atoms with Crippen molar-refractivity contribution in [1.82, 2.24) is 5.32 Å². The van der Waals surface area contributed by atoms with E-state index >= 15 is 0 Å². The number of aliphatic hydroxyl groups is 1. The number of nitrogens with one attached hydrogen (secondary N) is 1. The van der Waals surface area contributed by atoms with Gasteiger partial charge in [-0.25, -0.2) is 4.79 Å². The van der Waals surface area contributed by atoms with Gasteiger partial charge in [-0.1, -0.05) is 12.8 Å². The lowest BCUT2D eigenvalue weighted by Crippen LogP contribution is -2.49. The summed E-state index contributed by atoms with van der Waals surface area (Å²) in [6.07, 6.45) is 3.36. The van der Waals surface area contributed by atoms with E-state index in [0.29, 0.717) is 0 Å². The molecule has 12 heavy (non-hydrogen) atoms. The van der Waals surface area contributed by atoms with E-state index in [0.717, 1.165) is 25.7 Å². The second-order valence-electron chi connectivity index (χ2n) is 3.26. The van der Waals surface area contributed by atoms with Gasteiger partial charge < -0.3 is 15.2 Å². The monoisotopic (exact) mass is 173 g/mol. The van der Waals surface area contributed by atoms with Crippen molar-refractivity contribution in [1.29, 1.82) is 0 Å². The minimum atomic E-state index is -0.453. The zero-order chi connectivity index (χ0) is 9.03. The molecule has 0 atom stereocenters. The number of ether oxygens (including phenoxy) is 1. The van der Waals surface area contributed by atoms with Crippen LogP contribution in [0.15, 0.2) is 0 Å². The van der Waals surface area contributed by atoms with Crippen molar-refractivity contribution in [2.24, 2.45) is 0 Å². The first-order valence-corrected chi connectivity index (χ1v) is 4.19. The Hall–Kier alpha value is -0.770. The van der Waals surface area contributed by atoms with Gasteiger partial charge in [0.05, 0.1) is 19.3 Å². The third kappa shape index (κ3) is 1.88. The molecule has 0 aromatic heterocycles. The van der Waals surface area contributed by atoms with E-state index in [1.807, 2.05) is 0 Å². The Kier molecular flexibility index (Phi) is 2.92. The molecule has 0 aliphatic heterocycles. The van der Waals surface area contributed by atoms with E-state index in [4.69, 9.17) is 5.11 Å². The molecule has 0 spiro atoms. The first-order valence-electron chi connectivity index (χ1n) is 4.19. The Bertz CT molecular complexity index is 164. The molecule has 0 aromatic carbocycles. The molecule has 0 radical (unpaired) electrons. The minimum absolute atomic E-state index is 0.00208. The van der Waals surface area contributed by atoms with Crippen molar-refractivity contribution in [3.8, 4) is 0 Å². The summed E-state index contributed by atoms with van der Waals surface area (Å²) in [7, 11) is 1.33. The number of alkyl carbamates (subject to hydrolysis) is 1. The summed E-state index contributed by atoms with van der Waals surface area (Å²) in [4.78, 5) is 10.9. The van der Waals surface area contributed by atoms with Gasteiger partial charge in [0, 0.05) is 0 Å². The van der Waals surface area contributed by atoms with Crippen LogP contribution in [0.3, 0.4) is 0 Å². The quantitative estimate of drug-likeness (QED) is 0.644. The molecular formula is C8H15NO3. The van der Waals surface area contributed by atoms with Gasteiger partial charge in [-0.2, -0.15) is 0 Å². The van der Waals surface area contributed by atoms with Crippen molar-refractivity contribution >= 4 is 6.09 Å². The van der Waals surface area contributed by atoms with Crippen molar-refractivity contribution in [3.05, 3.63) is 0 Å². The van der Waals surface area contributed by atoms with Crippen LogP contribution in [0, 0.1) is 0 Å². The highest BCUT2D eigenvalue weighted by Gasteiger charge is 2.34. The summed E-state index contributed by atoms with van der Waals surface area (Å²) in [5.41, 5.74) is -0.410. The fourth-order valence-corrected chi connectivity index (χ4v) is 1.64. The first kappa shape index (κ1) is 9.32. The average Bonchev–Trinajstić information content (AvgIpc) is 2.54. The fourth-order valence-electron chi connectivity index (χ4n) is 1.64. The number of hydrogen-bond donors (Lipinski definition) is 2. The van der Waals surface area contributed by atoms with Gasteiger partial charge in [-0.05, 0) is 12.8 Å². The summed E-state index contributed by atoms with van der Waals surface area (Å²) in [6.45, 7) is 0.00208. The van der Waals surface area contributed by atoms with Gasteiger partial charge in [0.25, 0.3) is 0 Å². The normalized spacial score (nSPS) is 20.5. The summed E-state index contributed by atoms with van der Waals surface area (Å²) < 4.78 is 4.48. The molecule has 0 unspecified atom stereocenters. The highest BCUT2D eigenvalue weighted by Crippen LogP contribution is 2.28. The Balaban J connectivity index is 2.49. The van der Waals surface area contributed by atoms with Gasteiger partial charge in [0.1, 0.15) is 0 Å². The summed E-state index contributed by atoms with van der Waals surface area (Å²) >= 11 is 0. The fraction of sp³-hybridized carbons (Fsp3) is 0.875. The molecular weight excluding hydrogens is 158 g/mol. The van der Waals surface area contributed by atoms with Crippen LogP contribution in [0.5, 0.6) is 0 Å². The Morgan fingerprint density at radius 1 is 1.58 bits per heavy atom. The molecule has 1 amide bonds. The van der Waals surface area contributed by atoms with Crippen LogP contribution in [0.2, 0.25) is 0 Å². The second-order valence-corrected chi connectivity index (χ2v) is 3.26. The molecule has 4 nitrogen and oxygen atoms in total. The molecule has 0 bridgehead atoms. The molecule has 70 valence electrons. The lowest BCUT2D eigenvalue weighted by Gasteiger charge is -2.26. The number of carbonyl (C=O) groups excluding carboxylic acids is 1. The third-order valence-corrected chi connectivity index (χ3v) is 2.42. The molecule has 1 fully saturated rings. The van der Waals surface area contributed by atoms with Crippen LogP contribution in [0.1, 0.15) is 25.7 Å². The molecule has 4 heteroatoms. The Labute approximate surface area is 71.9 Å². The predicted octanol–water partition coefficient (Wildman–Crippen LogP) is 0.647. The van der Waals surface area contributed by atoms with Gasteiger partial charge in [0.15, 0.2) is 0 Å². The van der Waals surface area contributed by atoms with E-state index in [2.05, 4.69) is 10.1 Å². The van der Waals surface area contributed by atoms with Crippen LogP contribution in [0.25, 0.3) is 0 Å². The van der Waals surface area contributed by atoms with Gasteiger partial charge >= 0.3 is 6.09 Å². The number of rotatable bonds is 2. The maximum absolute atomic E-state index is 10.9. The molecule has 0 aromatic rings. The Morgan fingerprint density at radius 2 is 2.17 bits per heavy atom. The van der Waals surface area contributed by atoms with E-state index in [-0.39, 0.29) is 6.61 Å². The number of methoxy groups -OCH3 is 1. The standard InChI is InChI=1S/C8H15NO3/c1-12-7(11)9-8(6-10)4-2-3-5-8/h10H,2-6H2,1H3,(H,9,11). The van der Waals surface area contributed by atoms with Crippen LogP contribution in [-0.2, 0) is 4.74 Å². The zero-order valence-electron chi connectivity index (χ0n) is 7.30. The number of carbonyl (C=O) groups is 1. The summed E-state index contributed by atoms with van der Waals surface area (Å²) in [5.74, 6) is 0.